The van der Waals surface area contributed by atoms with Gasteiger partial charge in [0.2, 0.25) is 0 Å². The zero-order chi connectivity index (χ0) is 16.5. The van der Waals surface area contributed by atoms with E-state index in [0.29, 0.717) is 12.5 Å². The van der Waals surface area contributed by atoms with Crippen LogP contribution in [0.5, 0.6) is 5.75 Å². The molecule has 124 valence electrons. The zero-order valence-corrected chi connectivity index (χ0v) is 14.0. The number of ether oxygens (including phenoxy) is 1. The molecular weight excluding hydrogens is 288 g/mol. The van der Waals surface area contributed by atoms with E-state index in [0.717, 1.165) is 42.2 Å². The van der Waals surface area contributed by atoms with Crippen molar-refractivity contribution < 1.29 is 9.26 Å². The van der Waals surface area contributed by atoms with Gasteiger partial charge in [0.05, 0.1) is 13.7 Å². The van der Waals surface area contributed by atoms with E-state index < -0.39 is 0 Å². The van der Waals surface area contributed by atoms with Gasteiger partial charge in [0.25, 0.3) is 0 Å². The second-order valence-electron chi connectivity index (χ2n) is 5.67. The predicted octanol–water partition coefficient (Wildman–Crippen LogP) is 4.43. The lowest BCUT2D eigenvalue weighted by Gasteiger charge is -2.12. The molecule has 1 aromatic heterocycles. The van der Waals surface area contributed by atoms with Crippen LogP contribution in [-0.4, -0.2) is 18.8 Å². The maximum absolute atomic E-state index is 5.40. The van der Waals surface area contributed by atoms with Crippen LogP contribution < -0.4 is 10.1 Å². The number of nitrogens with zero attached hydrogens (tertiary/aromatic N) is 1. The Kier molecular flexibility index (Phi) is 6.88. The number of rotatable bonds is 10. The van der Waals surface area contributed by atoms with Crippen molar-refractivity contribution in [3.63, 3.8) is 0 Å². The topological polar surface area (TPSA) is 47.3 Å². The largest absolute Gasteiger partial charge is 0.497 e. The number of nitrogens with one attached hydrogen (secondary N) is 1. The SMILES string of the molecule is C=CCC(CC)CCNCc1cc(-c2ccc(OC)cc2)no1. The minimum atomic E-state index is 0.702. The first-order chi connectivity index (χ1) is 11.3. The smallest absolute Gasteiger partial charge is 0.151 e. The quantitative estimate of drug-likeness (QED) is 0.520. The van der Waals surface area contributed by atoms with E-state index in [1.165, 1.54) is 6.42 Å². The monoisotopic (exact) mass is 314 g/mol. The van der Waals surface area contributed by atoms with Crippen LogP contribution in [0.2, 0.25) is 0 Å². The summed E-state index contributed by atoms with van der Waals surface area (Å²) in [6.07, 6.45) is 5.44. The summed E-state index contributed by atoms with van der Waals surface area (Å²) < 4.78 is 10.6. The standard InChI is InChI=1S/C19H26N2O2/c1-4-6-15(5-2)11-12-20-14-18-13-19(21-23-18)16-7-9-17(22-3)10-8-16/h4,7-10,13,15,20H,1,5-6,11-12,14H2,2-3H3. The van der Waals surface area contributed by atoms with Crippen LogP contribution in [0.15, 0.2) is 47.5 Å². The van der Waals surface area contributed by atoms with Crippen molar-refractivity contribution in [3.8, 4) is 17.0 Å². The van der Waals surface area contributed by atoms with Gasteiger partial charge < -0.3 is 14.6 Å². The van der Waals surface area contributed by atoms with E-state index in [2.05, 4.69) is 24.0 Å². The number of methoxy groups -OCH3 is 1. The van der Waals surface area contributed by atoms with Crippen LogP contribution in [-0.2, 0) is 6.54 Å². The maximum atomic E-state index is 5.40. The Morgan fingerprint density at radius 1 is 1.35 bits per heavy atom. The predicted molar refractivity (Wildman–Crippen MR) is 93.4 cm³/mol. The van der Waals surface area contributed by atoms with Crippen molar-refractivity contribution in [1.82, 2.24) is 10.5 Å². The molecule has 0 amide bonds. The molecule has 0 radical (unpaired) electrons. The molecule has 0 aliphatic heterocycles. The molecule has 1 heterocycles. The van der Waals surface area contributed by atoms with Gasteiger partial charge in [0.15, 0.2) is 5.76 Å². The number of benzene rings is 1. The fourth-order valence-corrected chi connectivity index (χ4v) is 2.54. The highest BCUT2D eigenvalue weighted by molar-refractivity contribution is 5.59. The summed E-state index contributed by atoms with van der Waals surface area (Å²) >= 11 is 0. The maximum Gasteiger partial charge on any atom is 0.151 e. The Labute approximate surface area is 138 Å². The molecule has 0 saturated heterocycles. The first-order valence-electron chi connectivity index (χ1n) is 8.18. The summed E-state index contributed by atoms with van der Waals surface area (Å²) in [7, 11) is 1.66. The second kappa shape index (κ2) is 9.16. The highest BCUT2D eigenvalue weighted by Gasteiger charge is 2.07. The number of hydrogen-bond acceptors (Lipinski definition) is 4. The Bertz CT molecular complexity index is 590. The van der Waals surface area contributed by atoms with E-state index in [4.69, 9.17) is 9.26 Å². The van der Waals surface area contributed by atoms with Gasteiger partial charge in [0.1, 0.15) is 11.4 Å². The van der Waals surface area contributed by atoms with Gasteiger partial charge in [-0.25, -0.2) is 0 Å². The first kappa shape index (κ1) is 17.3. The van der Waals surface area contributed by atoms with E-state index in [9.17, 15) is 0 Å². The fourth-order valence-electron chi connectivity index (χ4n) is 2.54. The third-order valence-electron chi connectivity index (χ3n) is 4.05. The van der Waals surface area contributed by atoms with Crippen molar-refractivity contribution in [3.05, 3.63) is 48.7 Å². The number of hydrogen-bond donors (Lipinski definition) is 1. The van der Waals surface area contributed by atoms with Crippen molar-refractivity contribution in [2.24, 2.45) is 5.92 Å². The molecule has 0 fully saturated rings. The lowest BCUT2D eigenvalue weighted by molar-refractivity contribution is 0.369. The van der Waals surface area contributed by atoms with Crippen LogP contribution in [0.4, 0.5) is 0 Å². The minimum Gasteiger partial charge on any atom is -0.497 e. The van der Waals surface area contributed by atoms with Gasteiger partial charge in [-0.3, -0.25) is 0 Å². The molecule has 0 aliphatic rings. The van der Waals surface area contributed by atoms with E-state index in [1.54, 1.807) is 7.11 Å². The molecule has 2 aromatic rings. The Hall–Kier alpha value is -2.07. The van der Waals surface area contributed by atoms with Crippen molar-refractivity contribution >= 4 is 0 Å². The molecule has 1 aromatic carbocycles. The summed E-state index contributed by atoms with van der Waals surface area (Å²) in [5, 5.41) is 7.55. The summed E-state index contributed by atoms with van der Waals surface area (Å²) in [5.41, 5.74) is 1.88. The zero-order valence-electron chi connectivity index (χ0n) is 14.0. The highest BCUT2D eigenvalue weighted by atomic mass is 16.5. The van der Waals surface area contributed by atoms with Crippen LogP contribution in [0.1, 0.15) is 31.9 Å². The van der Waals surface area contributed by atoms with Gasteiger partial charge in [-0.2, -0.15) is 0 Å². The van der Waals surface area contributed by atoms with E-state index in [-0.39, 0.29) is 0 Å². The summed E-state index contributed by atoms with van der Waals surface area (Å²) in [4.78, 5) is 0. The average Bonchev–Trinajstić information content (AvgIpc) is 3.06. The minimum absolute atomic E-state index is 0.702. The molecule has 2 rings (SSSR count). The highest BCUT2D eigenvalue weighted by Crippen LogP contribution is 2.22. The van der Waals surface area contributed by atoms with Crippen LogP contribution >= 0.6 is 0 Å². The van der Waals surface area contributed by atoms with Gasteiger partial charge in [0, 0.05) is 11.6 Å². The molecule has 0 bridgehead atoms. The molecular formula is C19H26N2O2. The van der Waals surface area contributed by atoms with Gasteiger partial charge in [-0.15, -0.1) is 6.58 Å². The van der Waals surface area contributed by atoms with Crippen molar-refractivity contribution in [2.45, 2.75) is 32.7 Å². The second-order valence-corrected chi connectivity index (χ2v) is 5.67. The van der Waals surface area contributed by atoms with Crippen LogP contribution in [0.3, 0.4) is 0 Å². The molecule has 1 N–H and O–H groups in total. The number of aromatic nitrogens is 1. The van der Waals surface area contributed by atoms with E-state index >= 15 is 0 Å². The Balaban J connectivity index is 1.81. The third kappa shape index (κ3) is 5.25. The van der Waals surface area contributed by atoms with Crippen molar-refractivity contribution in [2.75, 3.05) is 13.7 Å². The molecule has 23 heavy (non-hydrogen) atoms. The molecule has 1 unspecified atom stereocenters. The van der Waals surface area contributed by atoms with Gasteiger partial charge in [-0.05, 0) is 49.6 Å². The molecule has 0 spiro atoms. The van der Waals surface area contributed by atoms with Crippen LogP contribution in [0, 0.1) is 5.92 Å². The Morgan fingerprint density at radius 3 is 2.78 bits per heavy atom. The molecule has 0 aliphatic carbocycles. The molecule has 4 heteroatoms. The molecule has 0 saturated carbocycles. The lowest BCUT2D eigenvalue weighted by Crippen LogP contribution is -2.17. The first-order valence-corrected chi connectivity index (χ1v) is 8.18. The summed E-state index contributed by atoms with van der Waals surface area (Å²) in [5.74, 6) is 2.40. The molecule has 1 atom stereocenters. The lowest BCUT2D eigenvalue weighted by atomic mass is 9.99. The Morgan fingerprint density at radius 2 is 2.13 bits per heavy atom. The normalized spacial score (nSPS) is 12.1. The summed E-state index contributed by atoms with van der Waals surface area (Å²) in [6.45, 7) is 7.72. The summed E-state index contributed by atoms with van der Waals surface area (Å²) in [6, 6.07) is 9.79. The van der Waals surface area contributed by atoms with Crippen LogP contribution in [0.25, 0.3) is 11.3 Å². The fraction of sp³-hybridized carbons (Fsp3) is 0.421. The van der Waals surface area contributed by atoms with E-state index in [1.807, 2.05) is 36.4 Å². The molecule has 4 nitrogen and oxygen atoms in total. The van der Waals surface area contributed by atoms with Gasteiger partial charge >= 0.3 is 0 Å². The average molecular weight is 314 g/mol. The number of allylic oxidation sites excluding steroid dienone is 1. The van der Waals surface area contributed by atoms with Gasteiger partial charge in [-0.1, -0.05) is 24.6 Å². The third-order valence-corrected chi connectivity index (χ3v) is 4.05. The van der Waals surface area contributed by atoms with Crippen molar-refractivity contribution in [1.29, 1.82) is 0 Å².